The summed E-state index contributed by atoms with van der Waals surface area (Å²) in [5.74, 6) is -0.289. The largest absolute Gasteiger partial charge is 0.464 e. The SMILES string of the molecule is O=C(Cc1coc2ccc3ccccc3c12)Nc1ccc(Cl)c(S(=O)(=O)N2CCOCC2)c1. The number of hydrogen-bond acceptors (Lipinski definition) is 5. The third-order valence-corrected chi connectivity index (χ3v) is 8.07. The van der Waals surface area contributed by atoms with Crippen molar-refractivity contribution < 1.29 is 22.4 Å². The maximum atomic E-state index is 13.0. The van der Waals surface area contributed by atoms with Gasteiger partial charge in [-0.15, -0.1) is 0 Å². The Morgan fingerprint density at radius 3 is 2.67 bits per heavy atom. The minimum atomic E-state index is -3.80. The standard InChI is InChI=1S/C24H21ClN2O5S/c25-20-7-6-18(14-22(20)33(29,30)27-9-11-31-12-10-27)26-23(28)13-17-15-32-21-8-5-16-3-1-2-4-19(16)24(17)21/h1-8,14-15H,9-13H2,(H,26,28). The summed E-state index contributed by atoms with van der Waals surface area (Å²) in [5.41, 5.74) is 1.82. The zero-order valence-electron chi connectivity index (χ0n) is 17.6. The molecule has 0 unspecified atom stereocenters. The van der Waals surface area contributed by atoms with E-state index in [0.29, 0.717) is 24.5 Å². The van der Waals surface area contributed by atoms with Gasteiger partial charge in [-0.1, -0.05) is 41.9 Å². The molecule has 1 aromatic heterocycles. The molecule has 3 aromatic carbocycles. The van der Waals surface area contributed by atoms with Crippen LogP contribution in [0.1, 0.15) is 5.56 Å². The fourth-order valence-electron chi connectivity index (χ4n) is 4.09. The Morgan fingerprint density at radius 2 is 1.85 bits per heavy atom. The number of amides is 1. The molecule has 4 aromatic rings. The number of ether oxygens (including phenoxy) is 1. The van der Waals surface area contributed by atoms with Crippen molar-refractivity contribution in [3.63, 3.8) is 0 Å². The third-order valence-electron chi connectivity index (χ3n) is 5.69. The van der Waals surface area contributed by atoms with E-state index in [4.69, 9.17) is 20.8 Å². The summed E-state index contributed by atoms with van der Waals surface area (Å²) < 4.78 is 38.3. The van der Waals surface area contributed by atoms with Crippen molar-refractivity contribution >= 4 is 55.0 Å². The molecule has 33 heavy (non-hydrogen) atoms. The molecule has 1 aliphatic rings. The molecule has 5 rings (SSSR count). The van der Waals surface area contributed by atoms with Crippen molar-refractivity contribution in [3.8, 4) is 0 Å². The maximum Gasteiger partial charge on any atom is 0.244 e. The summed E-state index contributed by atoms with van der Waals surface area (Å²) in [5, 5.41) is 5.86. The zero-order valence-corrected chi connectivity index (χ0v) is 19.2. The monoisotopic (exact) mass is 484 g/mol. The average molecular weight is 485 g/mol. The second kappa shape index (κ2) is 8.79. The Bertz CT molecular complexity index is 1460. The Labute approximate surface area is 195 Å². The van der Waals surface area contributed by atoms with E-state index in [9.17, 15) is 13.2 Å². The van der Waals surface area contributed by atoms with Crippen LogP contribution in [0.4, 0.5) is 5.69 Å². The molecule has 0 atom stereocenters. The summed E-state index contributed by atoms with van der Waals surface area (Å²) in [6.07, 6.45) is 1.67. The molecule has 0 aliphatic carbocycles. The number of carbonyl (C=O) groups is 1. The Hall–Kier alpha value is -2.91. The van der Waals surface area contributed by atoms with Crippen LogP contribution in [-0.2, 0) is 26.0 Å². The number of nitrogens with one attached hydrogen (secondary N) is 1. The molecule has 7 nitrogen and oxygen atoms in total. The number of carbonyl (C=O) groups excluding carboxylic acids is 1. The lowest BCUT2D eigenvalue weighted by Crippen LogP contribution is -2.40. The minimum Gasteiger partial charge on any atom is -0.464 e. The van der Waals surface area contributed by atoms with E-state index < -0.39 is 10.0 Å². The van der Waals surface area contributed by atoms with Crippen LogP contribution in [0.5, 0.6) is 0 Å². The average Bonchev–Trinajstić information content (AvgIpc) is 3.24. The van der Waals surface area contributed by atoms with Crippen molar-refractivity contribution in [3.05, 3.63) is 71.4 Å². The fourth-order valence-corrected chi connectivity index (χ4v) is 6.00. The second-order valence-corrected chi connectivity index (χ2v) is 10.1. The van der Waals surface area contributed by atoms with Crippen molar-refractivity contribution in [1.82, 2.24) is 4.31 Å². The molecule has 2 heterocycles. The lowest BCUT2D eigenvalue weighted by molar-refractivity contribution is -0.115. The number of anilines is 1. The number of halogens is 1. The van der Waals surface area contributed by atoms with Gasteiger partial charge < -0.3 is 14.5 Å². The van der Waals surface area contributed by atoms with E-state index in [0.717, 1.165) is 21.7 Å². The molecular weight excluding hydrogens is 464 g/mol. The summed E-state index contributed by atoms with van der Waals surface area (Å²) in [6.45, 7) is 1.19. The van der Waals surface area contributed by atoms with Crippen LogP contribution in [0.25, 0.3) is 21.7 Å². The highest BCUT2D eigenvalue weighted by molar-refractivity contribution is 7.89. The number of hydrogen-bond donors (Lipinski definition) is 1. The first-order chi connectivity index (χ1) is 15.9. The van der Waals surface area contributed by atoms with Crippen LogP contribution >= 0.6 is 11.6 Å². The zero-order chi connectivity index (χ0) is 23.0. The number of nitrogens with zero attached hydrogens (tertiary/aromatic N) is 1. The van der Waals surface area contributed by atoms with Gasteiger partial charge in [-0.2, -0.15) is 4.31 Å². The van der Waals surface area contributed by atoms with Crippen LogP contribution < -0.4 is 5.32 Å². The highest BCUT2D eigenvalue weighted by Crippen LogP contribution is 2.31. The van der Waals surface area contributed by atoms with Crippen LogP contribution in [0, 0.1) is 0 Å². The molecule has 170 valence electrons. The van der Waals surface area contributed by atoms with Crippen LogP contribution in [0.2, 0.25) is 5.02 Å². The van der Waals surface area contributed by atoms with Gasteiger partial charge in [-0.05, 0) is 35.0 Å². The lowest BCUT2D eigenvalue weighted by atomic mass is 10.0. The topological polar surface area (TPSA) is 88.8 Å². The molecule has 1 aliphatic heterocycles. The molecule has 1 amide bonds. The molecular formula is C24H21ClN2O5S. The van der Waals surface area contributed by atoms with Crippen molar-refractivity contribution in [2.24, 2.45) is 0 Å². The molecule has 1 fully saturated rings. The van der Waals surface area contributed by atoms with Gasteiger partial charge in [-0.25, -0.2) is 8.42 Å². The molecule has 0 spiro atoms. The maximum absolute atomic E-state index is 13.0. The first-order valence-electron chi connectivity index (χ1n) is 10.5. The number of rotatable bonds is 5. The number of benzene rings is 3. The van der Waals surface area contributed by atoms with E-state index in [1.54, 1.807) is 12.3 Å². The predicted octanol–water partition coefficient (Wildman–Crippen LogP) is 4.44. The minimum absolute atomic E-state index is 0.0383. The van der Waals surface area contributed by atoms with Gasteiger partial charge in [-0.3, -0.25) is 4.79 Å². The van der Waals surface area contributed by atoms with Gasteiger partial charge in [0.05, 0.1) is 30.9 Å². The third kappa shape index (κ3) is 4.22. The summed E-state index contributed by atoms with van der Waals surface area (Å²) in [6, 6.07) is 16.2. The number of furan rings is 1. The molecule has 1 saturated heterocycles. The predicted molar refractivity (Wildman–Crippen MR) is 127 cm³/mol. The first kappa shape index (κ1) is 21.9. The van der Waals surface area contributed by atoms with Crippen LogP contribution in [0.15, 0.2) is 70.2 Å². The highest BCUT2D eigenvalue weighted by atomic mass is 35.5. The van der Waals surface area contributed by atoms with Gasteiger partial charge in [0.25, 0.3) is 0 Å². The summed E-state index contributed by atoms with van der Waals surface area (Å²) in [7, 11) is -3.80. The summed E-state index contributed by atoms with van der Waals surface area (Å²) >= 11 is 6.21. The van der Waals surface area contributed by atoms with Gasteiger partial charge in [0.1, 0.15) is 10.5 Å². The molecule has 0 bridgehead atoms. The van der Waals surface area contributed by atoms with Crippen molar-refractivity contribution in [1.29, 1.82) is 0 Å². The van der Waals surface area contributed by atoms with E-state index in [1.165, 1.54) is 16.4 Å². The van der Waals surface area contributed by atoms with Crippen LogP contribution in [0.3, 0.4) is 0 Å². The van der Waals surface area contributed by atoms with Gasteiger partial charge in [0.2, 0.25) is 15.9 Å². The fraction of sp³-hybridized carbons (Fsp3) is 0.208. The van der Waals surface area contributed by atoms with E-state index in [1.807, 2.05) is 36.4 Å². The number of sulfonamides is 1. The first-order valence-corrected chi connectivity index (χ1v) is 12.3. The van der Waals surface area contributed by atoms with E-state index in [-0.39, 0.29) is 35.3 Å². The normalized spacial score (nSPS) is 15.2. The van der Waals surface area contributed by atoms with Crippen molar-refractivity contribution in [2.75, 3.05) is 31.6 Å². The number of morpholine rings is 1. The van der Waals surface area contributed by atoms with Gasteiger partial charge in [0.15, 0.2) is 0 Å². The summed E-state index contributed by atoms with van der Waals surface area (Å²) in [4.78, 5) is 12.8. The van der Waals surface area contributed by atoms with Crippen LogP contribution in [-0.4, -0.2) is 44.9 Å². The van der Waals surface area contributed by atoms with E-state index >= 15 is 0 Å². The molecule has 0 radical (unpaired) electrons. The second-order valence-electron chi connectivity index (χ2n) is 7.81. The Kier molecular flexibility index (Phi) is 5.84. The smallest absolute Gasteiger partial charge is 0.244 e. The molecule has 0 saturated carbocycles. The highest BCUT2D eigenvalue weighted by Gasteiger charge is 2.28. The van der Waals surface area contributed by atoms with Gasteiger partial charge >= 0.3 is 0 Å². The van der Waals surface area contributed by atoms with Crippen molar-refractivity contribution in [2.45, 2.75) is 11.3 Å². The molecule has 9 heteroatoms. The molecule has 1 N–H and O–H groups in total. The Morgan fingerprint density at radius 1 is 1.06 bits per heavy atom. The quantitative estimate of drug-likeness (QED) is 0.452. The van der Waals surface area contributed by atoms with Gasteiger partial charge in [0, 0.05) is 29.7 Å². The number of fused-ring (bicyclic) bond motifs is 3. The Balaban J connectivity index is 1.40. The lowest BCUT2D eigenvalue weighted by Gasteiger charge is -2.26. The van der Waals surface area contributed by atoms with E-state index in [2.05, 4.69) is 5.32 Å².